The SMILES string of the molecule is CCc1cc(O)c(O)c([C@H](N)CN)c1. The van der Waals surface area contributed by atoms with Gasteiger partial charge in [0.25, 0.3) is 0 Å². The van der Waals surface area contributed by atoms with E-state index in [1.54, 1.807) is 6.07 Å². The van der Waals surface area contributed by atoms with Crippen LogP contribution in [0.15, 0.2) is 12.1 Å². The summed E-state index contributed by atoms with van der Waals surface area (Å²) in [4.78, 5) is 0. The first-order valence-corrected chi connectivity index (χ1v) is 4.60. The van der Waals surface area contributed by atoms with Gasteiger partial charge in [0.2, 0.25) is 0 Å². The molecule has 1 rings (SSSR count). The van der Waals surface area contributed by atoms with Crippen molar-refractivity contribution in [3.63, 3.8) is 0 Å². The van der Waals surface area contributed by atoms with Crippen LogP contribution in [0.1, 0.15) is 24.1 Å². The summed E-state index contributed by atoms with van der Waals surface area (Å²) in [5.74, 6) is -0.302. The third kappa shape index (κ3) is 1.97. The minimum Gasteiger partial charge on any atom is -0.504 e. The molecule has 0 saturated carbocycles. The molecule has 0 aliphatic heterocycles. The molecule has 78 valence electrons. The quantitative estimate of drug-likeness (QED) is 0.533. The highest BCUT2D eigenvalue weighted by molar-refractivity contribution is 5.49. The van der Waals surface area contributed by atoms with Crippen LogP contribution in [0.4, 0.5) is 0 Å². The molecule has 0 radical (unpaired) electrons. The summed E-state index contributed by atoms with van der Waals surface area (Å²) in [5.41, 5.74) is 12.5. The molecule has 1 aromatic rings. The second kappa shape index (κ2) is 4.30. The van der Waals surface area contributed by atoms with Gasteiger partial charge in [0.15, 0.2) is 11.5 Å². The van der Waals surface area contributed by atoms with Gasteiger partial charge in [-0.1, -0.05) is 13.0 Å². The highest BCUT2D eigenvalue weighted by Gasteiger charge is 2.13. The topological polar surface area (TPSA) is 92.5 Å². The number of hydrogen-bond acceptors (Lipinski definition) is 4. The molecule has 1 atom stereocenters. The van der Waals surface area contributed by atoms with Gasteiger partial charge in [-0.3, -0.25) is 0 Å². The Balaban J connectivity index is 3.20. The van der Waals surface area contributed by atoms with E-state index in [2.05, 4.69) is 0 Å². The second-order valence-electron chi connectivity index (χ2n) is 3.25. The summed E-state index contributed by atoms with van der Waals surface area (Å²) >= 11 is 0. The first-order valence-electron chi connectivity index (χ1n) is 4.60. The van der Waals surface area contributed by atoms with Gasteiger partial charge in [-0.15, -0.1) is 0 Å². The van der Waals surface area contributed by atoms with Gasteiger partial charge in [0, 0.05) is 18.2 Å². The highest BCUT2D eigenvalue weighted by Crippen LogP contribution is 2.33. The maximum Gasteiger partial charge on any atom is 0.162 e. The standard InChI is InChI=1S/C10H16N2O2/c1-2-6-3-7(8(12)5-11)10(14)9(13)4-6/h3-4,8,13-14H,2,5,11-12H2,1H3/t8-/m1/s1. The minimum absolute atomic E-state index is 0.136. The summed E-state index contributed by atoms with van der Waals surface area (Å²) in [6.45, 7) is 2.20. The zero-order valence-corrected chi connectivity index (χ0v) is 8.20. The Morgan fingerprint density at radius 3 is 2.50 bits per heavy atom. The predicted octanol–water partition coefficient (Wildman–Crippen LogP) is 0.619. The van der Waals surface area contributed by atoms with Crippen molar-refractivity contribution in [3.05, 3.63) is 23.3 Å². The van der Waals surface area contributed by atoms with Gasteiger partial charge in [-0.2, -0.15) is 0 Å². The molecule has 0 bridgehead atoms. The second-order valence-corrected chi connectivity index (χ2v) is 3.25. The molecule has 0 aliphatic rings. The summed E-state index contributed by atoms with van der Waals surface area (Å²) < 4.78 is 0. The van der Waals surface area contributed by atoms with E-state index in [0.29, 0.717) is 5.56 Å². The van der Waals surface area contributed by atoms with Crippen LogP contribution in [0, 0.1) is 0 Å². The van der Waals surface area contributed by atoms with Gasteiger partial charge in [0.1, 0.15) is 0 Å². The number of rotatable bonds is 3. The normalized spacial score (nSPS) is 12.8. The van der Waals surface area contributed by atoms with E-state index >= 15 is 0 Å². The van der Waals surface area contributed by atoms with E-state index < -0.39 is 6.04 Å². The van der Waals surface area contributed by atoms with Gasteiger partial charge >= 0.3 is 0 Å². The zero-order valence-electron chi connectivity index (χ0n) is 8.20. The fourth-order valence-electron chi connectivity index (χ4n) is 1.32. The minimum atomic E-state index is -0.438. The smallest absolute Gasteiger partial charge is 0.162 e. The van der Waals surface area contributed by atoms with Crippen molar-refractivity contribution in [2.75, 3.05) is 6.54 Å². The molecule has 1 aromatic carbocycles. The fourth-order valence-corrected chi connectivity index (χ4v) is 1.32. The molecular weight excluding hydrogens is 180 g/mol. The molecule has 0 aliphatic carbocycles. The van der Waals surface area contributed by atoms with Gasteiger partial charge in [0.05, 0.1) is 0 Å². The van der Waals surface area contributed by atoms with Crippen molar-refractivity contribution in [2.45, 2.75) is 19.4 Å². The Bertz CT molecular complexity index is 326. The average molecular weight is 196 g/mol. The number of benzene rings is 1. The number of aryl methyl sites for hydroxylation is 1. The predicted molar refractivity (Wildman–Crippen MR) is 55.1 cm³/mol. The Kier molecular flexibility index (Phi) is 3.33. The molecule has 4 heteroatoms. The van der Waals surface area contributed by atoms with Crippen LogP contribution in [-0.2, 0) is 6.42 Å². The fraction of sp³-hybridized carbons (Fsp3) is 0.400. The van der Waals surface area contributed by atoms with E-state index in [0.717, 1.165) is 12.0 Å². The molecule has 0 aromatic heterocycles. The Hall–Kier alpha value is -1.26. The van der Waals surface area contributed by atoms with Crippen molar-refractivity contribution in [1.29, 1.82) is 0 Å². The van der Waals surface area contributed by atoms with E-state index in [1.807, 2.05) is 6.92 Å². The van der Waals surface area contributed by atoms with E-state index in [4.69, 9.17) is 11.5 Å². The average Bonchev–Trinajstić information content (AvgIpc) is 2.20. The van der Waals surface area contributed by atoms with Crippen LogP contribution in [0.2, 0.25) is 0 Å². The van der Waals surface area contributed by atoms with Crippen molar-refractivity contribution in [3.8, 4) is 11.5 Å². The maximum atomic E-state index is 9.53. The monoisotopic (exact) mass is 196 g/mol. The molecule has 4 nitrogen and oxygen atoms in total. The summed E-state index contributed by atoms with van der Waals surface area (Å²) in [6, 6.07) is 2.86. The molecule has 0 heterocycles. The van der Waals surface area contributed by atoms with Crippen LogP contribution in [-0.4, -0.2) is 16.8 Å². The van der Waals surface area contributed by atoms with Gasteiger partial charge < -0.3 is 21.7 Å². The summed E-state index contributed by atoms with van der Waals surface area (Å²) in [7, 11) is 0. The Morgan fingerprint density at radius 2 is 2.00 bits per heavy atom. The molecule has 0 saturated heterocycles. The van der Waals surface area contributed by atoms with Crippen molar-refractivity contribution in [1.82, 2.24) is 0 Å². The van der Waals surface area contributed by atoms with Crippen LogP contribution in [0.3, 0.4) is 0 Å². The zero-order chi connectivity index (χ0) is 10.7. The van der Waals surface area contributed by atoms with E-state index in [9.17, 15) is 10.2 Å². The molecular formula is C10H16N2O2. The van der Waals surface area contributed by atoms with Crippen LogP contribution in [0.25, 0.3) is 0 Å². The molecule has 0 amide bonds. The first-order chi connectivity index (χ1) is 6.60. The van der Waals surface area contributed by atoms with Crippen LogP contribution < -0.4 is 11.5 Å². The lowest BCUT2D eigenvalue weighted by Crippen LogP contribution is -2.21. The maximum absolute atomic E-state index is 9.53. The molecule has 6 N–H and O–H groups in total. The number of phenols is 2. The third-order valence-electron chi connectivity index (χ3n) is 2.24. The Labute approximate surface area is 83.2 Å². The number of nitrogens with two attached hydrogens (primary N) is 2. The lowest BCUT2D eigenvalue weighted by atomic mass is 10.0. The Morgan fingerprint density at radius 1 is 1.36 bits per heavy atom. The third-order valence-corrected chi connectivity index (χ3v) is 2.24. The highest BCUT2D eigenvalue weighted by atomic mass is 16.3. The molecule has 0 fully saturated rings. The number of hydrogen-bond donors (Lipinski definition) is 4. The summed E-state index contributed by atoms with van der Waals surface area (Å²) in [5, 5.41) is 18.9. The number of aromatic hydroxyl groups is 2. The molecule has 0 spiro atoms. The van der Waals surface area contributed by atoms with E-state index in [1.165, 1.54) is 6.07 Å². The van der Waals surface area contributed by atoms with Crippen LogP contribution in [0.5, 0.6) is 11.5 Å². The van der Waals surface area contributed by atoms with Crippen LogP contribution >= 0.6 is 0 Å². The van der Waals surface area contributed by atoms with Crippen molar-refractivity contribution < 1.29 is 10.2 Å². The van der Waals surface area contributed by atoms with Crippen molar-refractivity contribution >= 4 is 0 Å². The first kappa shape index (κ1) is 10.8. The molecule has 14 heavy (non-hydrogen) atoms. The molecule has 0 unspecified atom stereocenters. The van der Waals surface area contributed by atoms with Crippen molar-refractivity contribution in [2.24, 2.45) is 11.5 Å². The van der Waals surface area contributed by atoms with Gasteiger partial charge in [-0.25, -0.2) is 0 Å². The van der Waals surface area contributed by atoms with Gasteiger partial charge in [-0.05, 0) is 18.1 Å². The lowest BCUT2D eigenvalue weighted by Gasteiger charge is -2.13. The largest absolute Gasteiger partial charge is 0.504 e. The summed E-state index contributed by atoms with van der Waals surface area (Å²) in [6.07, 6.45) is 0.776. The lowest BCUT2D eigenvalue weighted by molar-refractivity contribution is 0.395. The van der Waals surface area contributed by atoms with E-state index in [-0.39, 0.29) is 18.0 Å². The number of phenolic OH excluding ortho intramolecular Hbond substituents is 2.